The highest BCUT2D eigenvalue weighted by molar-refractivity contribution is 7.36. The van der Waals surface area contributed by atoms with Crippen LogP contribution in [0.5, 0.6) is 0 Å². The van der Waals surface area contributed by atoms with E-state index in [0.29, 0.717) is 0 Å². The van der Waals surface area contributed by atoms with E-state index in [2.05, 4.69) is 43.1 Å². The molecule has 63 valence electrons. The molecule has 3 unspecified atom stereocenters. The number of hydrogen-bond acceptors (Lipinski definition) is 0. The zero-order valence-electron chi connectivity index (χ0n) is 7.15. The fourth-order valence-electron chi connectivity index (χ4n) is 0.822. The summed E-state index contributed by atoms with van der Waals surface area (Å²) in [5, 5.41) is 0. The molecule has 0 aliphatic heterocycles. The summed E-state index contributed by atoms with van der Waals surface area (Å²) in [5.41, 5.74) is 0. The summed E-state index contributed by atoms with van der Waals surface area (Å²) in [6.07, 6.45) is 4.18. The smallest absolute Gasteiger partial charge is 0.0371 e. The van der Waals surface area contributed by atoms with Gasteiger partial charge in [0.2, 0.25) is 0 Å². The summed E-state index contributed by atoms with van der Waals surface area (Å²) >= 11 is 2.60. The largest absolute Gasteiger partial charge is 0.793 e. The first-order valence-electron chi connectivity index (χ1n) is 4.01. The van der Waals surface area contributed by atoms with Crippen LogP contribution in [0.25, 0.3) is 0 Å². The molecule has 0 nitrogen and oxygen atoms in total. The SMILES string of the molecule is CCC(C)C([I-])CCPC. The van der Waals surface area contributed by atoms with E-state index in [1.165, 1.54) is 19.0 Å². The third kappa shape index (κ3) is 4.90. The molecule has 0 heterocycles. The molecule has 0 saturated heterocycles. The van der Waals surface area contributed by atoms with E-state index in [4.69, 9.17) is 0 Å². The van der Waals surface area contributed by atoms with Gasteiger partial charge < -0.3 is 22.6 Å². The summed E-state index contributed by atoms with van der Waals surface area (Å²) < 4.78 is 0.912. The van der Waals surface area contributed by atoms with Crippen molar-refractivity contribution in [1.82, 2.24) is 0 Å². The van der Waals surface area contributed by atoms with E-state index in [1.54, 1.807) is 0 Å². The van der Waals surface area contributed by atoms with Gasteiger partial charge in [0.05, 0.1) is 0 Å². The molecule has 0 bridgehead atoms. The first-order valence-corrected chi connectivity index (χ1v) is 6.96. The van der Waals surface area contributed by atoms with Crippen LogP contribution in [0.3, 0.4) is 0 Å². The predicted molar refractivity (Wildman–Crippen MR) is 47.0 cm³/mol. The minimum absolute atomic E-state index is 0.912. The Balaban J connectivity index is 3.31. The number of rotatable bonds is 5. The van der Waals surface area contributed by atoms with Crippen LogP contribution in [0.4, 0.5) is 0 Å². The monoisotopic (exact) mass is 272 g/mol. The van der Waals surface area contributed by atoms with Gasteiger partial charge in [-0.1, -0.05) is 32.6 Å². The van der Waals surface area contributed by atoms with Crippen LogP contribution in [-0.4, -0.2) is 16.8 Å². The molecular weight excluding hydrogens is 254 g/mol. The number of halogens is 1. The van der Waals surface area contributed by atoms with Crippen molar-refractivity contribution in [2.45, 2.75) is 30.6 Å². The zero-order chi connectivity index (χ0) is 7.98. The van der Waals surface area contributed by atoms with Crippen molar-refractivity contribution in [2.24, 2.45) is 5.92 Å². The van der Waals surface area contributed by atoms with Crippen LogP contribution in [0, 0.1) is 5.92 Å². The van der Waals surface area contributed by atoms with Gasteiger partial charge in [0.15, 0.2) is 0 Å². The van der Waals surface area contributed by atoms with Crippen molar-refractivity contribution in [3.8, 4) is 0 Å². The van der Waals surface area contributed by atoms with Crippen LogP contribution in [-0.2, 0) is 0 Å². The van der Waals surface area contributed by atoms with E-state index >= 15 is 0 Å². The molecule has 0 amide bonds. The Kier molecular flexibility index (Phi) is 7.64. The van der Waals surface area contributed by atoms with Crippen molar-refractivity contribution in [2.75, 3.05) is 12.8 Å². The van der Waals surface area contributed by atoms with E-state index < -0.39 is 0 Å². The second-order valence-electron chi connectivity index (χ2n) is 2.79. The van der Waals surface area contributed by atoms with Gasteiger partial charge in [-0.05, 0) is 12.8 Å². The van der Waals surface area contributed by atoms with Crippen molar-refractivity contribution in [3.05, 3.63) is 0 Å². The maximum absolute atomic E-state index is 2.60. The molecule has 2 heteroatoms. The molecule has 0 aromatic heterocycles. The molecule has 0 fully saturated rings. The maximum Gasteiger partial charge on any atom is -0.0371 e. The summed E-state index contributed by atoms with van der Waals surface area (Å²) in [5.74, 6) is 0.914. The van der Waals surface area contributed by atoms with Crippen LogP contribution in [0.15, 0.2) is 0 Å². The van der Waals surface area contributed by atoms with E-state index in [9.17, 15) is 0 Å². The average Bonchev–Trinajstić information content (AvgIpc) is 1.98. The lowest BCUT2D eigenvalue weighted by Crippen LogP contribution is -3.39. The van der Waals surface area contributed by atoms with Crippen LogP contribution in [0.2, 0.25) is 0 Å². The van der Waals surface area contributed by atoms with Crippen molar-refractivity contribution >= 4 is 8.58 Å². The Morgan fingerprint density at radius 1 is 1.50 bits per heavy atom. The van der Waals surface area contributed by atoms with E-state index in [1.807, 2.05) is 0 Å². The standard InChI is InChI=1S/C8H18IP/c1-4-7(2)8(9)5-6-10-3/h7-8,10H,4-6H2,1-3H3/q-1. The second-order valence-corrected chi connectivity index (χ2v) is 5.60. The van der Waals surface area contributed by atoms with Gasteiger partial charge in [-0.2, -0.15) is 3.92 Å². The van der Waals surface area contributed by atoms with E-state index in [-0.39, 0.29) is 0 Å². The van der Waals surface area contributed by atoms with Gasteiger partial charge in [0, 0.05) is 0 Å². The van der Waals surface area contributed by atoms with Gasteiger partial charge in [0.1, 0.15) is 0 Å². The maximum atomic E-state index is 2.60. The topological polar surface area (TPSA) is 0 Å². The minimum Gasteiger partial charge on any atom is -0.793 e. The molecule has 0 N–H and O–H groups in total. The lowest BCUT2D eigenvalue weighted by molar-refractivity contribution is -0.432. The molecular formula is C8H18IP-. The quantitative estimate of drug-likeness (QED) is 0.365. The Labute approximate surface area is 80.5 Å². The van der Waals surface area contributed by atoms with E-state index in [0.717, 1.165) is 18.4 Å². The van der Waals surface area contributed by atoms with Crippen molar-refractivity contribution < 1.29 is 22.6 Å². The fraction of sp³-hybridized carbons (Fsp3) is 1.00. The Bertz CT molecular complexity index is 75.7. The molecule has 1 radical (unpaired) electrons. The molecule has 10 heavy (non-hydrogen) atoms. The molecule has 0 saturated carbocycles. The lowest BCUT2D eigenvalue weighted by atomic mass is 10.0. The summed E-state index contributed by atoms with van der Waals surface area (Å²) in [6.45, 7) is 6.93. The lowest BCUT2D eigenvalue weighted by Gasteiger charge is -2.28. The Hall–Kier alpha value is 1.16. The van der Waals surface area contributed by atoms with Crippen molar-refractivity contribution in [1.29, 1.82) is 0 Å². The summed E-state index contributed by atoms with van der Waals surface area (Å²) in [4.78, 5) is 0. The second kappa shape index (κ2) is 6.84. The Morgan fingerprint density at radius 2 is 2.10 bits per heavy atom. The van der Waals surface area contributed by atoms with Gasteiger partial charge in [-0.3, -0.25) is 0 Å². The zero-order valence-corrected chi connectivity index (χ0v) is 10.3. The van der Waals surface area contributed by atoms with Crippen molar-refractivity contribution in [3.63, 3.8) is 0 Å². The molecule has 3 atom stereocenters. The van der Waals surface area contributed by atoms with Gasteiger partial charge in [-0.15, -0.1) is 8.58 Å². The third-order valence-corrected chi connectivity index (χ3v) is 4.57. The third-order valence-electron chi connectivity index (χ3n) is 1.93. The van der Waals surface area contributed by atoms with Crippen LogP contribution >= 0.6 is 8.58 Å². The predicted octanol–water partition coefficient (Wildman–Crippen LogP) is -0.347. The molecule has 0 aromatic rings. The first kappa shape index (κ1) is 11.2. The van der Waals surface area contributed by atoms with Gasteiger partial charge in [-0.25, -0.2) is 0 Å². The van der Waals surface area contributed by atoms with Gasteiger partial charge in [0.25, 0.3) is 0 Å². The van der Waals surface area contributed by atoms with Crippen LogP contribution < -0.4 is 22.6 Å². The van der Waals surface area contributed by atoms with Gasteiger partial charge >= 0.3 is 0 Å². The summed E-state index contributed by atoms with van der Waals surface area (Å²) in [7, 11) is 1.14. The fourth-order valence-corrected chi connectivity index (χ4v) is 2.83. The highest BCUT2D eigenvalue weighted by Crippen LogP contribution is 2.10. The minimum atomic E-state index is 0.912. The highest BCUT2D eigenvalue weighted by atomic mass is 127. The Morgan fingerprint density at radius 3 is 2.50 bits per heavy atom. The summed E-state index contributed by atoms with van der Waals surface area (Å²) in [6, 6.07) is 0. The highest BCUT2D eigenvalue weighted by Gasteiger charge is 2.00. The first-order chi connectivity index (χ1) is 4.72. The van der Waals surface area contributed by atoms with Crippen LogP contribution in [0.1, 0.15) is 26.7 Å². The number of alkyl halides is 1. The molecule has 0 aliphatic rings. The molecule has 0 spiro atoms. The molecule has 0 aromatic carbocycles. The number of hydrogen-bond donors (Lipinski definition) is 0. The normalized spacial score (nSPS) is 18.0. The molecule has 0 rings (SSSR count). The molecule has 0 aliphatic carbocycles. The average molecular weight is 272 g/mol.